The van der Waals surface area contributed by atoms with E-state index in [1.165, 1.54) is 48.5 Å². The van der Waals surface area contributed by atoms with E-state index in [4.69, 9.17) is 21.0 Å². The van der Waals surface area contributed by atoms with Crippen LogP contribution in [0.4, 0.5) is 0 Å². The molecule has 0 aliphatic rings. The summed E-state index contributed by atoms with van der Waals surface area (Å²) in [6, 6.07) is 19.6. The zero-order valence-corrected chi connectivity index (χ0v) is 15.4. The maximum atomic E-state index is 12.4. The van der Waals surface area contributed by atoms with Crippen molar-refractivity contribution >= 4 is 27.5 Å². The average molecular weight is 398 g/mol. The van der Waals surface area contributed by atoms with Crippen molar-refractivity contribution in [1.82, 2.24) is 0 Å². The van der Waals surface area contributed by atoms with Gasteiger partial charge in [0.1, 0.15) is 10.6 Å². The minimum absolute atomic E-state index is 0.0602. The van der Waals surface area contributed by atoms with E-state index in [0.29, 0.717) is 16.1 Å². The van der Waals surface area contributed by atoms with Crippen LogP contribution in [-0.4, -0.2) is 14.2 Å². The lowest BCUT2D eigenvalue weighted by Crippen LogP contribution is -2.10. The van der Waals surface area contributed by atoms with Crippen LogP contribution in [0, 0.1) is 11.3 Å². The molecule has 0 N–H and O–H groups in total. The van der Waals surface area contributed by atoms with E-state index in [1.807, 2.05) is 6.07 Å². The summed E-state index contributed by atoms with van der Waals surface area (Å²) in [6.45, 7) is 0. The number of carbonyl (C=O) groups is 1. The van der Waals surface area contributed by atoms with E-state index in [0.717, 1.165) is 0 Å². The fourth-order valence-electron chi connectivity index (χ4n) is 2.33. The van der Waals surface area contributed by atoms with Gasteiger partial charge in [-0.15, -0.1) is 0 Å². The van der Waals surface area contributed by atoms with Gasteiger partial charge in [-0.05, 0) is 66.7 Å². The fourth-order valence-corrected chi connectivity index (χ4v) is 3.43. The van der Waals surface area contributed by atoms with E-state index >= 15 is 0 Å². The summed E-state index contributed by atoms with van der Waals surface area (Å²) in [6.07, 6.45) is 0. The lowest BCUT2D eigenvalue weighted by Gasteiger charge is -2.08. The number of rotatable bonds is 5. The fraction of sp³-hybridized carbons (Fsp3) is 0. The molecule has 0 aromatic heterocycles. The Labute approximate surface area is 161 Å². The molecule has 0 aliphatic carbocycles. The summed E-state index contributed by atoms with van der Waals surface area (Å²) in [5.74, 6) is -0.159. The Bertz CT molecular complexity index is 1130. The zero-order valence-electron chi connectivity index (χ0n) is 13.8. The summed E-state index contributed by atoms with van der Waals surface area (Å²) in [7, 11) is -4.09. The average Bonchev–Trinajstić information content (AvgIpc) is 2.68. The smallest absolute Gasteiger partial charge is 0.339 e. The van der Waals surface area contributed by atoms with Crippen LogP contribution in [0.2, 0.25) is 5.02 Å². The summed E-state index contributed by atoms with van der Waals surface area (Å²) in [5.41, 5.74) is 1.06. The third-order valence-corrected chi connectivity index (χ3v) is 5.18. The van der Waals surface area contributed by atoms with E-state index in [2.05, 4.69) is 0 Å². The summed E-state index contributed by atoms with van der Waals surface area (Å²) in [5, 5.41) is 9.41. The minimum atomic E-state index is -4.09. The molecule has 0 heterocycles. The van der Waals surface area contributed by atoms with Crippen molar-refractivity contribution in [2.24, 2.45) is 0 Å². The molecule has 7 heteroatoms. The van der Waals surface area contributed by atoms with Gasteiger partial charge >= 0.3 is 10.1 Å². The number of halogens is 1. The Kier molecular flexibility index (Phi) is 5.26. The van der Waals surface area contributed by atoms with Crippen molar-refractivity contribution in [2.75, 3.05) is 0 Å². The summed E-state index contributed by atoms with van der Waals surface area (Å²) < 4.78 is 29.7. The van der Waals surface area contributed by atoms with Crippen molar-refractivity contribution in [2.45, 2.75) is 4.90 Å². The van der Waals surface area contributed by atoms with E-state index in [-0.39, 0.29) is 22.0 Å². The van der Waals surface area contributed by atoms with Crippen LogP contribution >= 0.6 is 11.6 Å². The SMILES string of the molecule is N#Cc1cccc(S(=O)(=O)Oc2ccc(C(=O)c3ccc(Cl)cc3)cc2)c1. The maximum absolute atomic E-state index is 12.4. The van der Waals surface area contributed by atoms with Gasteiger partial charge < -0.3 is 4.18 Å². The molecule has 0 saturated heterocycles. The van der Waals surface area contributed by atoms with Gasteiger partial charge in [0.2, 0.25) is 0 Å². The number of hydrogen-bond acceptors (Lipinski definition) is 5. The molecule has 0 spiro atoms. The molecule has 0 saturated carbocycles. The van der Waals surface area contributed by atoms with Crippen LogP contribution in [0.15, 0.2) is 77.7 Å². The van der Waals surface area contributed by atoms with Crippen LogP contribution in [0.25, 0.3) is 0 Å². The number of nitrogens with zero attached hydrogens (tertiary/aromatic N) is 1. The zero-order chi connectivity index (χ0) is 19.4. The molecular weight excluding hydrogens is 386 g/mol. The van der Waals surface area contributed by atoms with Crippen LogP contribution in [0.3, 0.4) is 0 Å². The Balaban J connectivity index is 1.80. The van der Waals surface area contributed by atoms with Gasteiger partial charge in [-0.25, -0.2) is 0 Å². The summed E-state index contributed by atoms with van der Waals surface area (Å²) >= 11 is 5.81. The molecule has 0 amide bonds. The molecular formula is C20H12ClNO4S. The van der Waals surface area contributed by atoms with Crippen molar-refractivity contribution in [3.8, 4) is 11.8 Å². The molecule has 134 valence electrons. The van der Waals surface area contributed by atoms with Crippen LogP contribution in [0.5, 0.6) is 5.75 Å². The van der Waals surface area contributed by atoms with Gasteiger partial charge in [0.15, 0.2) is 5.78 Å². The maximum Gasteiger partial charge on any atom is 0.339 e. The lowest BCUT2D eigenvalue weighted by atomic mass is 10.0. The molecule has 0 aliphatic heterocycles. The standard InChI is InChI=1S/C20H12ClNO4S/c21-17-8-4-15(5-9-17)20(23)16-6-10-18(11-7-16)26-27(24,25)19-3-1-2-14(12-19)13-22/h1-12H. The second-order valence-corrected chi connectivity index (χ2v) is 7.52. The van der Waals surface area contributed by atoms with E-state index < -0.39 is 10.1 Å². The number of hydrogen-bond donors (Lipinski definition) is 0. The summed E-state index contributed by atoms with van der Waals surface area (Å²) in [4.78, 5) is 12.3. The van der Waals surface area contributed by atoms with Gasteiger partial charge in [-0.1, -0.05) is 17.7 Å². The normalized spacial score (nSPS) is 10.8. The number of carbonyl (C=O) groups excluding carboxylic acids is 1. The Morgan fingerprint density at radius 2 is 1.52 bits per heavy atom. The molecule has 0 unspecified atom stereocenters. The Morgan fingerprint density at radius 3 is 2.11 bits per heavy atom. The minimum Gasteiger partial charge on any atom is -0.379 e. The van der Waals surface area contributed by atoms with Crippen molar-refractivity contribution < 1.29 is 17.4 Å². The Morgan fingerprint density at radius 1 is 0.926 bits per heavy atom. The topological polar surface area (TPSA) is 84.2 Å². The molecule has 0 atom stereocenters. The van der Waals surface area contributed by atoms with Gasteiger partial charge in [0.25, 0.3) is 0 Å². The van der Waals surface area contributed by atoms with Gasteiger partial charge in [0.05, 0.1) is 11.6 Å². The molecule has 0 fully saturated rings. The number of nitriles is 1. The first-order valence-corrected chi connectivity index (χ1v) is 9.53. The van der Waals surface area contributed by atoms with E-state index in [9.17, 15) is 13.2 Å². The van der Waals surface area contributed by atoms with Gasteiger partial charge in [0, 0.05) is 16.1 Å². The van der Waals surface area contributed by atoms with Gasteiger partial charge in [-0.2, -0.15) is 13.7 Å². The first kappa shape index (κ1) is 18.6. The van der Waals surface area contributed by atoms with Crippen molar-refractivity contribution in [3.05, 3.63) is 94.5 Å². The van der Waals surface area contributed by atoms with Crippen molar-refractivity contribution in [3.63, 3.8) is 0 Å². The molecule has 0 bridgehead atoms. The first-order valence-electron chi connectivity index (χ1n) is 7.74. The molecule has 0 radical (unpaired) electrons. The highest BCUT2D eigenvalue weighted by Gasteiger charge is 2.17. The highest BCUT2D eigenvalue weighted by Crippen LogP contribution is 2.21. The Hall–Kier alpha value is -3.14. The molecule has 27 heavy (non-hydrogen) atoms. The number of benzene rings is 3. The lowest BCUT2D eigenvalue weighted by molar-refractivity contribution is 0.103. The largest absolute Gasteiger partial charge is 0.379 e. The first-order chi connectivity index (χ1) is 12.9. The molecule has 3 rings (SSSR count). The van der Waals surface area contributed by atoms with E-state index in [1.54, 1.807) is 24.3 Å². The molecule has 3 aromatic carbocycles. The molecule has 3 aromatic rings. The second kappa shape index (κ2) is 7.62. The predicted molar refractivity (Wildman–Crippen MR) is 100 cm³/mol. The van der Waals surface area contributed by atoms with Crippen LogP contribution < -0.4 is 4.18 Å². The van der Waals surface area contributed by atoms with Crippen LogP contribution in [-0.2, 0) is 10.1 Å². The quantitative estimate of drug-likeness (QED) is 0.475. The highest BCUT2D eigenvalue weighted by molar-refractivity contribution is 7.87. The third kappa shape index (κ3) is 4.34. The number of ketones is 1. The predicted octanol–water partition coefficient (Wildman–Crippen LogP) is 4.21. The highest BCUT2D eigenvalue weighted by atomic mass is 35.5. The van der Waals surface area contributed by atoms with Crippen molar-refractivity contribution in [1.29, 1.82) is 5.26 Å². The van der Waals surface area contributed by atoms with Crippen LogP contribution in [0.1, 0.15) is 21.5 Å². The monoisotopic (exact) mass is 397 g/mol. The second-order valence-electron chi connectivity index (χ2n) is 5.54. The molecule has 5 nitrogen and oxygen atoms in total. The third-order valence-electron chi connectivity index (χ3n) is 3.68. The van der Waals surface area contributed by atoms with Gasteiger partial charge in [-0.3, -0.25) is 4.79 Å².